The standard InChI is InChI=1S/C10H10BrF/c11-8-2-1-3-9-4-6-10(12)7-5-9/h1-2,4-7H,3,8H2/b2-1+. The maximum absolute atomic E-state index is 12.4. The molecule has 0 heterocycles. The SMILES string of the molecule is Fc1ccc(C/C=C/CBr)cc1. The van der Waals surface area contributed by atoms with Crippen LogP contribution in [0.15, 0.2) is 36.4 Å². The van der Waals surface area contributed by atoms with E-state index in [1.807, 2.05) is 6.08 Å². The summed E-state index contributed by atoms with van der Waals surface area (Å²) < 4.78 is 12.4. The van der Waals surface area contributed by atoms with Gasteiger partial charge < -0.3 is 0 Å². The topological polar surface area (TPSA) is 0 Å². The largest absolute Gasteiger partial charge is 0.207 e. The lowest BCUT2D eigenvalue weighted by molar-refractivity contribution is 0.627. The van der Waals surface area contributed by atoms with Gasteiger partial charge >= 0.3 is 0 Å². The second-order valence-electron chi connectivity index (χ2n) is 2.46. The number of halogens is 2. The zero-order valence-corrected chi connectivity index (χ0v) is 8.22. The Kier molecular flexibility index (Phi) is 4.01. The van der Waals surface area contributed by atoms with E-state index in [0.29, 0.717) is 0 Å². The number of benzene rings is 1. The van der Waals surface area contributed by atoms with Crippen molar-refractivity contribution in [3.8, 4) is 0 Å². The minimum atomic E-state index is -0.178. The highest BCUT2D eigenvalue weighted by atomic mass is 79.9. The molecule has 0 saturated heterocycles. The Morgan fingerprint density at radius 1 is 1.17 bits per heavy atom. The van der Waals surface area contributed by atoms with Gasteiger partial charge in [0, 0.05) is 5.33 Å². The lowest BCUT2D eigenvalue weighted by Crippen LogP contribution is -1.81. The van der Waals surface area contributed by atoms with Crippen LogP contribution in [0.25, 0.3) is 0 Å². The zero-order valence-electron chi connectivity index (χ0n) is 6.63. The number of alkyl halides is 1. The predicted octanol–water partition coefficient (Wildman–Crippen LogP) is 3.32. The Morgan fingerprint density at radius 3 is 2.42 bits per heavy atom. The molecule has 0 radical (unpaired) electrons. The van der Waals surface area contributed by atoms with Gasteiger partial charge in [-0.2, -0.15) is 0 Å². The minimum absolute atomic E-state index is 0.178. The molecule has 0 spiro atoms. The molecule has 1 rings (SSSR count). The highest BCUT2D eigenvalue weighted by Gasteiger charge is 1.89. The van der Waals surface area contributed by atoms with E-state index in [4.69, 9.17) is 0 Å². The molecule has 0 aliphatic heterocycles. The lowest BCUT2D eigenvalue weighted by atomic mass is 10.1. The fraction of sp³-hybridized carbons (Fsp3) is 0.200. The maximum Gasteiger partial charge on any atom is 0.123 e. The molecular formula is C10H10BrF. The van der Waals surface area contributed by atoms with E-state index in [9.17, 15) is 4.39 Å². The van der Waals surface area contributed by atoms with Crippen molar-refractivity contribution < 1.29 is 4.39 Å². The van der Waals surface area contributed by atoms with Gasteiger partial charge in [-0.15, -0.1) is 0 Å². The minimum Gasteiger partial charge on any atom is -0.207 e. The highest BCUT2D eigenvalue weighted by Crippen LogP contribution is 2.03. The van der Waals surface area contributed by atoms with Crippen molar-refractivity contribution in [2.45, 2.75) is 6.42 Å². The van der Waals surface area contributed by atoms with Gasteiger partial charge in [-0.1, -0.05) is 40.2 Å². The molecule has 1 aromatic rings. The second-order valence-corrected chi connectivity index (χ2v) is 3.10. The summed E-state index contributed by atoms with van der Waals surface area (Å²) in [6.07, 6.45) is 4.96. The van der Waals surface area contributed by atoms with Gasteiger partial charge in [-0.25, -0.2) is 4.39 Å². The summed E-state index contributed by atoms with van der Waals surface area (Å²) in [5, 5.41) is 0.869. The monoisotopic (exact) mass is 228 g/mol. The number of hydrogen-bond acceptors (Lipinski definition) is 0. The van der Waals surface area contributed by atoms with Crippen LogP contribution in [0.5, 0.6) is 0 Å². The average Bonchev–Trinajstić information content (AvgIpc) is 2.09. The van der Waals surface area contributed by atoms with Crippen LogP contribution in [0.1, 0.15) is 5.56 Å². The van der Waals surface area contributed by atoms with Gasteiger partial charge in [-0.05, 0) is 24.1 Å². The molecule has 0 nitrogen and oxygen atoms in total. The Balaban J connectivity index is 2.53. The molecule has 0 atom stereocenters. The van der Waals surface area contributed by atoms with Gasteiger partial charge in [0.2, 0.25) is 0 Å². The lowest BCUT2D eigenvalue weighted by Gasteiger charge is -1.94. The van der Waals surface area contributed by atoms with Gasteiger partial charge in [0.15, 0.2) is 0 Å². The van der Waals surface area contributed by atoms with E-state index in [-0.39, 0.29) is 5.82 Å². The van der Waals surface area contributed by atoms with Crippen LogP contribution in [0.2, 0.25) is 0 Å². The maximum atomic E-state index is 12.4. The Bertz CT molecular complexity index is 251. The van der Waals surface area contributed by atoms with Crippen molar-refractivity contribution in [3.05, 3.63) is 47.8 Å². The molecule has 0 aliphatic rings. The molecule has 0 saturated carbocycles. The quantitative estimate of drug-likeness (QED) is 0.551. The smallest absolute Gasteiger partial charge is 0.123 e. The van der Waals surface area contributed by atoms with Crippen LogP contribution in [-0.4, -0.2) is 5.33 Å². The van der Waals surface area contributed by atoms with Crippen LogP contribution in [0.3, 0.4) is 0 Å². The predicted molar refractivity (Wildman–Crippen MR) is 53.0 cm³/mol. The van der Waals surface area contributed by atoms with Crippen molar-refractivity contribution in [2.75, 3.05) is 5.33 Å². The normalized spacial score (nSPS) is 10.8. The molecule has 1 aromatic carbocycles. The second kappa shape index (κ2) is 5.09. The van der Waals surface area contributed by atoms with Crippen LogP contribution < -0.4 is 0 Å². The number of rotatable bonds is 3. The molecular weight excluding hydrogens is 219 g/mol. The molecule has 0 amide bonds. The third-order valence-electron chi connectivity index (χ3n) is 1.52. The van der Waals surface area contributed by atoms with Crippen LogP contribution >= 0.6 is 15.9 Å². The van der Waals surface area contributed by atoms with Crippen LogP contribution in [0.4, 0.5) is 4.39 Å². The molecule has 12 heavy (non-hydrogen) atoms. The van der Waals surface area contributed by atoms with Gasteiger partial charge in [0.25, 0.3) is 0 Å². The first-order chi connectivity index (χ1) is 5.83. The zero-order chi connectivity index (χ0) is 8.81. The first kappa shape index (κ1) is 9.46. The van der Waals surface area contributed by atoms with E-state index in [0.717, 1.165) is 17.3 Å². The summed E-state index contributed by atoms with van der Waals surface area (Å²) >= 11 is 3.29. The fourth-order valence-electron chi connectivity index (χ4n) is 0.903. The summed E-state index contributed by atoms with van der Waals surface area (Å²) in [5.41, 5.74) is 1.13. The average molecular weight is 229 g/mol. The third kappa shape index (κ3) is 3.18. The number of allylic oxidation sites excluding steroid dienone is 2. The molecule has 2 heteroatoms. The van der Waals surface area contributed by atoms with E-state index in [2.05, 4.69) is 22.0 Å². The van der Waals surface area contributed by atoms with Crippen molar-refractivity contribution in [3.63, 3.8) is 0 Å². The Hall–Kier alpha value is -0.630. The Morgan fingerprint density at radius 2 is 1.83 bits per heavy atom. The van der Waals surface area contributed by atoms with E-state index >= 15 is 0 Å². The van der Waals surface area contributed by atoms with Crippen LogP contribution in [-0.2, 0) is 6.42 Å². The van der Waals surface area contributed by atoms with E-state index < -0.39 is 0 Å². The molecule has 0 bridgehead atoms. The molecule has 64 valence electrons. The molecule has 0 N–H and O–H groups in total. The summed E-state index contributed by atoms with van der Waals surface area (Å²) in [6.45, 7) is 0. The number of hydrogen-bond donors (Lipinski definition) is 0. The first-order valence-electron chi connectivity index (χ1n) is 3.78. The third-order valence-corrected chi connectivity index (χ3v) is 1.90. The first-order valence-corrected chi connectivity index (χ1v) is 4.90. The molecule has 0 aromatic heterocycles. The summed E-state index contributed by atoms with van der Waals surface area (Å²) in [7, 11) is 0. The van der Waals surface area contributed by atoms with Gasteiger partial charge in [-0.3, -0.25) is 0 Å². The molecule has 0 unspecified atom stereocenters. The van der Waals surface area contributed by atoms with Crippen molar-refractivity contribution in [2.24, 2.45) is 0 Å². The summed E-state index contributed by atoms with van der Waals surface area (Å²) in [5.74, 6) is -0.178. The van der Waals surface area contributed by atoms with E-state index in [1.54, 1.807) is 12.1 Å². The fourth-order valence-corrected chi connectivity index (χ4v) is 1.17. The van der Waals surface area contributed by atoms with Crippen molar-refractivity contribution >= 4 is 15.9 Å². The Labute approximate surface area is 80.2 Å². The van der Waals surface area contributed by atoms with Gasteiger partial charge in [0.1, 0.15) is 5.82 Å². The highest BCUT2D eigenvalue weighted by molar-refractivity contribution is 9.09. The van der Waals surface area contributed by atoms with Crippen LogP contribution in [0, 0.1) is 5.82 Å². The summed E-state index contributed by atoms with van der Waals surface area (Å²) in [4.78, 5) is 0. The molecule has 0 fully saturated rings. The van der Waals surface area contributed by atoms with Crippen molar-refractivity contribution in [1.29, 1.82) is 0 Å². The van der Waals surface area contributed by atoms with Gasteiger partial charge in [0.05, 0.1) is 0 Å². The van der Waals surface area contributed by atoms with Crippen molar-refractivity contribution in [1.82, 2.24) is 0 Å². The summed E-state index contributed by atoms with van der Waals surface area (Å²) in [6, 6.07) is 6.57. The van der Waals surface area contributed by atoms with E-state index in [1.165, 1.54) is 12.1 Å². The molecule has 0 aliphatic carbocycles.